The van der Waals surface area contributed by atoms with Crippen LogP contribution in [0.2, 0.25) is 5.02 Å². The van der Waals surface area contributed by atoms with Crippen LogP contribution in [0.4, 0.5) is 5.69 Å². The van der Waals surface area contributed by atoms with Crippen molar-refractivity contribution in [1.82, 2.24) is 4.31 Å². The van der Waals surface area contributed by atoms with Crippen LogP contribution in [0.3, 0.4) is 0 Å². The van der Waals surface area contributed by atoms with Crippen LogP contribution in [0, 0.1) is 6.92 Å². The molecule has 0 spiro atoms. The lowest BCUT2D eigenvalue weighted by Gasteiger charge is -2.17. The van der Waals surface area contributed by atoms with Crippen LogP contribution in [-0.4, -0.2) is 31.7 Å². The van der Waals surface area contributed by atoms with Gasteiger partial charge in [0.1, 0.15) is 4.90 Å². The summed E-state index contributed by atoms with van der Waals surface area (Å²) in [6.07, 6.45) is 1.68. The van der Waals surface area contributed by atoms with Gasteiger partial charge in [-0.15, -0.1) is 0 Å². The van der Waals surface area contributed by atoms with E-state index >= 15 is 0 Å². The molecule has 7 heteroatoms. The number of aryl methyl sites for hydroxylation is 1. The zero-order valence-corrected chi connectivity index (χ0v) is 15.4. The van der Waals surface area contributed by atoms with Gasteiger partial charge in [-0.1, -0.05) is 29.8 Å². The van der Waals surface area contributed by atoms with E-state index < -0.39 is 10.0 Å². The van der Waals surface area contributed by atoms with E-state index in [1.54, 1.807) is 6.07 Å². The van der Waals surface area contributed by atoms with Crippen LogP contribution < -0.4 is 5.32 Å². The lowest BCUT2D eigenvalue weighted by molar-refractivity contribution is 0.102. The molecular formula is C18H19ClN2O3S. The standard InChI is InChI=1S/C18H19ClN2O3S/c1-13-6-2-3-7-16(13)20-18(22)14-8-9-15(19)17(12-14)25(23,24)21-10-4-5-11-21/h2-3,6-9,12H,4-5,10-11H2,1H3,(H,20,22). The van der Waals surface area contributed by atoms with E-state index in [-0.39, 0.29) is 21.4 Å². The van der Waals surface area contributed by atoms with Gasteiger partial charge in [0.25, 0.3) is 5.91 Å². The fraction of sp³-hybridized carbons (Fsp3) is 0.278. The molecule has 0 radical (unpaired) electrons. The molecule has 0 unspecified atom stereocenters. The molecule has 1 amide bonds. The van der Waals surface area contributed by atoms with Crippen LogP contribution in [0.1, 0.15) is 28.8 Å². The molecule has 0 aromatic heterocycles. The first-order chi connectivity index (χ1) is 11.9. The van der Waals surface area contributed by atoms with E-state index in [1.165, 1.54) is 22.5 Å². The Bertz CT molecular complexity index is 906. The Labute approximate surface area is 152 Å². The minimum atomic E-state index is -3.69. The highest BCUT2D eigenvalue weighted by Gasteiger charge is 2.29. The number of nitrogens with one attached hydrogen (secondary N) is 1. The van der Waals surface area contributed by atoms with Gasteiger partial charge in [-0.05, 0) is 49.6 Å². The zero-order valence-electron chi connectivity index (χ0n) is 13.8. The highest BCUT2D eigenvalue weighted by Crippen LogP contribution is 2.28. The summed E-state index contributed by atoms with van der Waals surface area (Å²) in [5, 5.41) is 2.93. The normalized spacial score (nSPS) is 15.3. The largest absolute Gasteiger partial charge is 0.322 e. The third-order valence-corrected chi connectivity index (χ3v) is 6.65. The molecule has 1 N–H and O–H groups in total. The SMILES string of the molecule is Cc1ccccc1NC(=O)c1ccc(Cl)c(S(=O)(=O)N2CCCC2)c1. The van der Waals surface area contributed by atoms with E-state index in [9.17, 15) is 13.2 Å². The van der Waals surface area contributed by atoms with Crippen molar-refractivity contribution in [3.05, 3.63) is 58.6 Å². The molecule has 0 bridgehead atoms. The Kier molecular flexibility index (Phi) is 5.13. The first-order valence-corrected chi connectivity index (χ1v) is 9.88. The Morgan fingerprint density at radius 2 is 1.80 bits per heavy atom. The van der Waals surface area contributed by atoms with Crippen LogP contribution in [0.5, 0.6) is 0 Å². The number of halogens is 1. The molecule has 1 fully saturated rings. The minimum Gasteiger partial charge on any atom is -0.322 e. The predicted molar refractivity (Wildman–Crippen MR) is 98.6 cm³/mol. The van der Waals surface area contributed by atoms with Gasteiger partial charge < -0.3 is 5.32 Å². The molecule has 0 saturated carbocycles. The molecule has 1 aliphatic heterocycles. The number of rotatable bonds is 4. The van der Waals surface area contributed by atoms with E-state index in [1.807, 2.05) is 25.1 Å². The number of carbonyl (C=O) groups excluding carboxylic acids is 1. The summed E-state index contributed by atoms with van der Waals surface area (Å²) in [6.45, 7) is 2.86. The quantitative estimate of drug-likeness (QED) is 0.882. The number of amides is 1. The molecule has 2 aromatic carbocycles. The molecule has 1 saturated heterocycles. The van der Waals surface area contributed by atoms with Gasteiger partial charge in [0.15, 0.2) is 0 Å². The van der Waals surface area contributed by atoms with Crippen LogP contribution in [-0.2, 0) is 10.0 Å². The molecular weight excluding hydrogens is 360 g/mol. The summed E-state index contributed by atoms with van der Waals surface area (Å²) in [6, 6.07) is 11.7. The molecule has 25 heavy (non-hydrogen) atoms. The monoisotopic (exact) mass is 378 g/mol. The maximum atomic E-state index is 12.8. The summed E-state index contributed by atoms with van der Waals surface area (Å²) >= 11 is 6.11. The Balaban J connectivity index is 1.91. The number of para-hydroxylation sites is 1. The first-order valence-electron chi connectivity index (χ1n) is 8.06. The van der Waals surface area contributed by atoms with Gasteiger partial charge in [-0.25, -0.2) is 8.42 Å². The number of benzene rings is 2. The van der Waals surface area contributed by atoms with Crippen LogP contribution in [0.25, 0.3) is 0 Å². The number of sulfonamides is 1. The average Bonchev–Trinajstić information content (AvgIpc) is 3.12. The molecule has 132 valence electrons. The van der Waals surface area contributed by atoms with Crippen molar-refractivity contribution in [1.29, 1.82) is 0 Å². The Morgan fingerprint density at radius 1 is 1.12 bits per heavy atom. The predicted octanol–water partition coefficient (Wildman–Crippen LogP) is 3.69. The number of carbonyl (C=O) groups is 1. The van der Waals surface area contributed by atoms with Crippen molar-refractivity contribution in [3.63, 3.8) is 0 Å². The van der Waals surface area contributed by atoms with Crippen molar-refractivity contribution in [2.75, 3.05) is 18.4 Å². The maximum Gasteiger partial charge on any atom is 0.255 e. The second-order valence-electron chi connectivity index (χ2n) is 6.03. The number of hydrogen-bond donors (Lipinski definition) is 1. The third-order valence-electron chi connectivity index (χ3n) is 4.27. The van der Waals surface area contributed by atoms with E-state index in [0.717, 1.165) is 18.4 Å². The fourth-order valence-electron chi connectivity index (χ4n) is 2.82. The topological polar surface area (TPSA) is 66.5 Å². The lowest BCUT2D eigenvalue weighted by atomic mass is 10.1. The first kappa shape index (κ1) is 17.9. The Hall–Kier alpha value is -1.89. The van der Waals surface area contributed by atoms with Gasteiger partial charge in [-0.2, -0.15) is 4.31 Å². The van der Waals surface area contributed by atoms with E-state index in [0.29, 0.717) is 18.8 Å². The van der Waals surface area contributed by atoms with E-state index in [4.69, 9.17) is 11.6 Å². The molecule has 5 nitrogen and oxygen atoms in total. The lowest BCUT2D eigenvalue weighted by Crippen LogP contribution is -2.28. The van der Waals surface area contributed by atoms with E-state index in [2.05, 4.69) is 5.32 Å². The minimum absolute atomic E-state index is 0.0199. The number of hydrogen-bond acceptors (Lipinski definition) is 3. The fourth-order valence-corrected chi connectivity index (χ4v) is 4.83. The summed E-state index contributed by atoms with van der Waals surface area (Å²) in [4.78, 5) is 12.5. The van der Waals surface area contributed by atoms with Crippen molar-refractivity contribution in [2.45, 2.75) is 24.7 Å². The third kappa shape index (κ3) is 3.71. The smallest absolute Gasteiger partial charge is 0.255 e. The number of anilines is 1. The van der Waals surface area contributed by atoms with Gasteiger partial charge in [-0.3, -0.25) is 4.79 Å². The van der Waals surface area contributed by atoms with Gasteiger partial charge in [0.2, 0.25) is 10.0 Å². The summed E-state index contributed by atoms with van der Waals surface area (Å²) in [5.41, 5.74) is 1.87. The average molecular weight is 379 g/mol. The number of nitrogens with zero attached hydrogens (tertiary/aromatic N) is 1. The highest BCUT2D eigenvalue weighted by molar-refractivity contribution is 7.89. The second kappa shape index (κ2) is 7.15. The summed E-state index contributed by atoms with van der Waals surface area (Å²) in [7, 11) is -3.69. The maximum absolute atomic E-state index is 12.8. The van der Waals surface area contributed by atoms with Crippen molar-refractivity contribution in [2.24, 2.45) is 0 Å². The molecule has 2 aromatic rings. The molecule has 1 aliphatic rings. The van der Waals surface area contributed by atoms with Crippen LogP contribution >= 0.6 is 11.6 Å². The Morgan fingerprint density at radius 3 is 2.48 bits per heavy atom. The summed E-state index contributed by atoms with van der Waals surface area (Å²) in [5.74, 6) is -0.371. The van der Waals surface area contributed by atoms with Gasteiger partial charge in [0, 0.05) is 24.3 Å². The summed E-state index contributed by atoms with van der Waals surface area (Å²) < 4.78 is 26.9. The highest BCUT2D eigenvalue weighted by atomic mass is 35.5. The molecule has 1 heterocycles. The molecule has 0 aliphatic carbocycles. The van der Waals surface area contributed by atoms with Crippen LogP contribution in [0.15, 0.2) is 47.4 Å². The van der Waals surface area contributed by atoms with Crippen molar-refractivity contribution >= 4 is 33.2 Å². The van der Waals surface area contributed by atoms with Gasteiger partial charge in [0.05, 0.1) is 5.02 Å². The van der Waals surface area contributed by atoms with Crippen molar-refractivity contribution in [3.8, 4) is 0 Å². The molecule has 3 rings (SSSR count). The zero-order chi connectivity index (χ0) is 18.0. The van der Waals surface area contributed by atoms with Gasteiger partial charge >= 0.3 is 0 Å². The van der Waals surface area contributed by atoms with Crippen molar-refractivity contribution < 1.29 is 13.2 Å². The molecule has 0 atom stereocenters. The second-order valence-corrected chi connectivity index (χ2v) is 8.34.